The van der Waals surface area contributed by atoms with E-state index in [9.17, 15) is 4.79 Å². The minimum Gasteiger partial charge on any atom is -0.356 e. The highest BCUT2D eigenvalue weighted by molar-refractivity contribution is 7.99. The highest BCUT2D eigenvalue weighted by Crippen LogP contribution is 2.39. The summed E-state index contributed by atoms with van der Waals surface area (Å²) >= 11 is 7.86. The molecule has 4 nitrogen and oxygen atoms in total. The first-order valence-electron chi connectivity index (χ1n) is 7.72. The number of carbonyl (C=O) groups excluding carboxylic acids is 1. The Morgan fingerprint density at radius 1 is 1.29 bits per heavy atom. The fourth-order valence-electron chi connectivity index (χ4n) is 2.97. The van der Waals surface area contributed by atoms with Gasteiger partial charge < -0.3 is 9.42 Å². The predicted octanol–water partition coefficient (Wildman–Crippen LogP) is 4.30. The van der Waals surface area contributed by atoms with E-state index in [2.05, 4.69) is 5.16 Å². The van der Waals surface area contributed by atoms with Crippen LogP contribution in [0.1, 0.15) is 16.6 Å². The molecule has 1 atom stereocenters. The summed E-state index contributed by atoms with van der Waals surface area (Å²) in [5.41, 5.74) is 2.46. The Hall–Kier alpha value is -1.98. The number of halogens is 1. The topological polar surface area (TPSA) is 46.3 Å². The standard InChI is InChI=1S/C18H15ClN2O2S/c19-13-5-3-4-12(10-13)18-21(8-9-24-18)17(22)11-15-14-6-1-2-7-16(14)23-20-15/h1-7,10,18H,8-9,11H2. The molecule has 6 heteroatoms. The number of hydrogen-bond acceptors (Lipinski definition) is 4. The molecule has 4 rings (SSSR count). The number of carbonyl (C=O) groups is 1. The van der Waals surface area contributed by atoms with E-state index < -0.39 is 0 Å². The summed E-state index contributed by atoms with van der Waals surface area (Å²) in [6.07, 6.45) is 0.245. The van der Waals surface area contributed by atoms with E-state index in [1.54, 1.807) is 11.8 Å². The quantitative estimate of drug-likeness (QED) is 0.700. The van der Waals surface area contributed by atoms with Gasteiger partial charge in [-0.15, -0.1) is 11.8 Å². The number of amides is 1. The van der Waals surface area contributed by atoms with Crippen molar-refractivity contribution in [1.82, 2.24) is 10.1 Å². The van der Waals surface area contributed by atoms with Crippen molar-refractivity contribution in [3.05, 3.63) is 64.8 Å². The average molecular weight is 359 g/mol. The summed E-state index contributed by atoms with van der Waals surface area (Å²) in [5, 5.41) is 5.67. The molecule has 1 fully saturated rings. The van der Waals surface area contributed by atoms with Gasteiger partial charge in [-0.2, -0.15) is 0 Å². The number of fused-ring (bicyclic) bond motifs is 1. The van der Waals surface area contributed by atoms with Gasteiger partial charge in [0, 0.05) is 22.7 Å². The van der Waals surface area contributed by atoms with Gasteiger partial charge in [0.1, 0.15) is 11.1 Å². The lowest BCUT2D eigenvalue weighted by atomic mass is 10.1. The van der Waals surface area contributed by atoms with Crippen LogP contribution in [0.5, 0.6) is 0 Å². The lowest BCUT2D eigenvalue weighted by molar-refractivity contribution is -0.130. The molecule has 1 amide bonds. The van der Waals surface area contributed by atoms with E-state index in [4.69, 9.17) is 16.1 Å². The summed E-state index contributed by atoms with van der Waals surface area (Å²) in [4.78, 5) is 14.7. The summed E-state index contributed by atoms with van der Waals surface area (Å²) < 4.78 is 5.30. The maximum absolute atomic E-state index is 12.8. The van der Waals surface area contributed by atoms with E-state index in [-0.39, 0.29) is 17.7 Å². The van der Waals surface area contributed by atoms with Gasteiger partial charge in [0.2, 0.25) is 5.91 Å². The van der Waals surface area contributed by atoms with Gasteiger partial charge in [0.05, 0.1) is 6.42 Å². The SMILES string of the molecule is O=C(Cc1noc2ccccc12)N1CCSC1c1cccc(Cl)c1. The highest BCUT2D eigenvalue weighted by Gasteiger charge is 2.31. The van der Waals surface area contributed by atoms with Crippen LogP contribution in [0.25, 0.3) is 11.0 Å². The molecular formula is C18H15ClN2O2S. The molecule has 0 spiro atoms. The van der Waals surface area contributed by atoms with Crippen LogP contribution in [0.2, 0.25) is 5.02 Å². The van der Waals surface area contributed by atoms with E-state index in [1.165, 1.54) is 0 Å². The zero-order chi connectivity index (χ0) is 16.5. The van der Waals surface area contributed by atoms with Crippen LogP contribution in [-0.4, -0.2) is 28.3 Å². The van der Waals surface area contributed by atoms with Gasteiger partial charge >= 0.3 is 0 Å². The molecule has 1 aliphatic heterocycles. The minimum absolute atomic E-state index is 0.00867. The Kier molecular flexibility index (Phi) is 4.21. The van der Waals surface area contributed by atoms with Crippen LogP contribution in [0.15, 0.2) is 53.1 Å². The van der Waals surface area contributed by atoms with E-state index in [0.29, 0.717) is 16.3 Å². The van der Waals surface area contributed by atoms with Crippen molar-refractivity contribution in [3.8, 4) is 0 Å². The number of thioether (sulfide) groups is 1. The largest absolute Gasteiger partial charge is 0.356 e. The van der Waals surface area contributed by atoms with Gasteiger partial charge in [-0.25, -0.2) is 0 Å². The van der Waals surface area contributed by atoms with Gasteiger partial charge in [-0.1, -0.05) is 41.0 Å². The Balaban J connectivity index is 1.57. The molecule has 3 aromatic rings. The second-order valence-electron chi connectivity index (χ2n) is 5.67. The molecule has 0 radical (unpaired) electrons. The van der Waals surface area contributed by atoms with E-state index in [0.717, 1.165) is 23.2 Å². The second-order valence-corrected chi connectivity index (χ2v) is 7.29. The van der Waals surface area contributed by atoms with Crippen molar-refractivity contribution in [2.45, 2.75) is 11.8 Å². The first-order valence-corrected chi connectivity index (χ1v) is 9.15. The van der Waals surface area contributed by atoms with Crippen LogP contribution in [-0.2, 0) is 11.2 Å². The molecule has 2 aromatic carbocycles. The zero-order valence-corrected chi connectivity index (χ0v) is 14.4. The van der Waals surface area contributed by atoms with Crippen molar-refractivity contribution >= 4 is 40.2 Å². The molecule has 0 saturated carbocycles. The minimum atomic E-state index is 0.00867. The van der Waals surface area contributed by atoms with E-state index in [1.807, 2.05) is 53.4 Å². The predicted molar refractivity (Wildman–Crippen MR) is 96.1 cm³/mol. The van der Waals surface area contributed by atoms with Crippen LogP contribution < -0.4 is 0 Å². The van der Waals surface area contributed by atoms with Gasteiger partial charge in [0.15, 0.2) is 5.58 Å². The summed E-state index contributed by atoms with van der Waals surface area (Å²) in [6.45, 7) is 0.733. The normalized spacial score (nSPS) is 17.5. The summed E-state index contributed by atoms with van der Waals surface area (Å²) in [5.74, 6) is 0.978. The number of aromatic nitrogens is 1. The van der Waals surface area contributed by atoms with Crippen molar-refractivity contribution in [2.75, 3.05) is 12.3 Å². The average Bonchev–Trinajstić information content (AvgIpc) is 3.22. The number of benzene rings is 2. The molecule has 1 unspecified atom stereocenters. The molecule has 0 N–H and O–H groups in total. The zero-order valence-electron chi connectivity index (χ0n) is 12.8. The number of para-hydroxylation sites is 1. The molecule has 1 aromatic heterocycles. The van der Waals surface area contributed by atoms with Crippen LogP contribution in [0.4, 0.5) is 0 Å². The molecule has 24 heavy (non-hydrogen) atoms. The van der Waals surface area contributed by atoms with Gasteiger partial charge in [0.25, 0.3) is 0 Å². The number of rotatable bonds is 3. The first-order chi connectivity index (χ1) is 11.7. The third kappa shape index (κ3) is 2.89. The smallest absolute Gasteiger partial charge is 0.229 e. The maximum Gasteiger partial charge on any atom is 0.229 e. The van der Waals surface area contributed by atoms with Crippen molar-refractivity contribution < 1.29 is 9.32 Å². The Bertz CT molecular complexity index is 895. The first kappa shape index (κ1) is 15.5. The summed E-state index contributed by atoms with van der Waals surface area (Å²) in [7, 11) is 0. The third-order valence-electron chi connectivity index (χ3n) is 4.12. The van der Waals surface area contributed by atoms with Crippen LogP contribution in [0.3, 0.4) is 0 Å². The molecule has 0 bridgehead atoms. The van der Waals surface area contributed by atoms with Crippen molar-refractivity contribution in [3.63, 3.8) is 0 Å². The maximum atomic E-state index is 12.8. The number of hydrogen-bond donors (Lipinski definition) is 0. The Labute approximate surface area is 148 Å². The van der Waals surface area contributed by atoms with Crippen molar-refractivity contribution in [1.29, 1.82) is 0 Å². The van der Waals surface area contributed by atoms with Crippen LogP contribution in [0, 0.1) is 0 Å². The fraction of sp³-hybridized carbons (Fsp3) is 0.222. The lowest BCUT2D eigenvalue weighted by Gasteiger charge is -2.24. The molecular weight excluding hydrogens is 344 g/mol. The third-order valence-corrected chi connectivity index (χ3v) is 5.61. The number of nitrogens with zero attached hydrogens (tertiary/aromatic N) is 2. The van der Waals surface area contributed by atoms with Crippen molar-refractivity contribution in [2.24, 2.45) is 0 Å². The Morgan fingerprint density at radius 3 is 3.04 bits per heavy atom. The molecule has 1 saturated heterocycles. The molecule has 1 aliphatic rings. The fourth-order valence-corrected chi connectivity index (χ4v) is 4.44. The molecule has 122 valence electrons. The Morgan fingerprint density at radius 2 is 2.17 bits per heavy atom. The van der Waals surface area contributed by atoms with E-state index >= 15 is 0 Å². The van der Waals surface area contributed by atoms with Gasteiger partial charge in [-0.05, 0) is 29.8 Å². The second kappa shape index (κ2) is 6.49. The molecule has 2 heterocycles. The monoisotopic (exact) mass is 358 g/mol. The lowest BCUT2D eigenvalue weighted by Crippen LogP contribution is -2.31. The highest BCUT2D eigenvalue weighted by atomic mass is 35.5. The van der Waals surface area contributed by atoms with Crippen LogP contribution >= 0.6 is 23.4 Å². The molecule has 0 aliphatic carbocycles. The summed E-state index contributed by atoms with van der Waals surface area (Å²) in [6, 6.07) is 15.3. The van der Waals surface area contributed by atoms with Gasteiger partial charge in [-0.3, -0.25) is 4.79 Å².